The molecule has 1 N–H and O–H groups in total. The average Bonchev–Trinajstić information content (AvgIpc) is 2.82. The molecule has 1 saturated heterocycles. The lowest BCUT2D eigenvalue weighted by Crippen LogP contribution is -2.09. The maximum atomic E-state index is 4.65. The van der Waals surface area contributed by atoms with E-state index in [2.05, 4.69) is 15.3 Å². The molecule has 0 spiro atoms. The van der Waals surface area contributed by atoms with Gasteiger partial charge in [-0.25, -0.2) is 4.98 Å². The van der Waals surface area contributed by atoms with Gasteiger partial charge in [0.05, 0.1) is 16.7 Å². The average molecular weight is 199 g/mol. The number of aromatic nitrogens is 2. The van der Waals surface area contributed by atoms with Crippen molar-refractivity contribution >= 4 is 11.0 Å². The van der Waals surface area contributed by atoms with E-state index >= 15 is 0 Å². The molecule has 1 aliphatic heterocycles. The summed E-state index contributed by atoms with van der Waals surface area (Å²) in [6, 6.07) is 8.02. The van der Waals surface area contributed by atoms with Gasteiger partial charge in [0.25, 0.3) is 0 Å². The van der Waals surface area contributed by atoms with Gasteiger partial charge in [0.2, 0.25) is 0 Å². The fourth-order valence-electron chi connectivity index (χ4n) is 2.08. The zero-order valence-electron chi connectivity index (χ0n) is 8.48. The summed E-state index contributed by atoms with van der Waals surface area (Å²) in [4.78, 5) is 9.09. The first-order valence-electron chi connectivity index (χ1n) is 5.36. The number of nitrogens with zero attached hydrogens (tertiary/aromatic N) is 2. The Morgan fingerprint density at radius 1 is 1.20 bits per heavy atom. The predicted octanol–water partition coefficient (Wildman–Crippen LogP) is 1.71. The third-order valence-electron chi connectivity index (χ3n) is 2.95. The predicted molar refractivity (Wildman–Crippen MR) is 59.8 cm³/mol. The molecule has 3 nitrogen and oxygen atoms in total. The van der Waals surface area contributed by atoms with Crippen molar-refractivity contribution in [3.63, 3.8) is 0 Å². The molecule has 15 heavy (non-hydrogen) atoms. The van der Waals surface area contributed by atoms with Crippen LogP contribution in [-0.4, -0.2) is 23.1 Å². The van der Waals surface area contributed by atoms with E-state index in [1.165, 1.54) is 6.42 Å². The van der Waals surface area contributed by atoms with E-state index in [4.69, 9.17) is 0 Å². The van der Waals surface area contributed by atoms with Crippen molar-refractivity contribution in [2.75, 3.05) is 13.1 Å². The molecule has 1 aliphatic rings. The Labute approximate surface area is 88.6 Å². The molecule has 0 aliphatic carbocycles. The Bertz CT molecular complexity index is 475. The van der Waals surface area contributed by atoms with Gasteiger partial charge in [0.1, 0.15) is 0 Å². The van der Waals surface area contributed by atoms with Crippen LogP contribution in [0.15, 0.2) is 30.5 Å². The first kappa shape index (κ1) is 8.80. The van der Waals surface area contributed by atoms with Gasteiger partial charge < -0.3 is 5.32 Å². The summed E-state index contributed by atoms with van der Waals surface area (Å²) in [6.45, 7) is 2.13. The lowest BCUT2D eigenvalue weighted by molar-refractivity contribution is 0.734. The fraction of sp³-hybridized carbons (Fsp3) is 0.333. The molecule has 1 fully saturated rings. The van der Waals surface area contributed by atoms with Crippen LogP contribution >= 0.6 is 0 Å². The standard InChI is InChI=1S/C12H13N3/c1-2-4-11-10(3-1)14-8-12(15-11)9-5-6-13-7-9/h1-4,8-9,13H,5-7H2. The molecule has 1 aromatic carbocycles. The highest BCUT2D eigenvalue weighted by molar-refractivity contribution is 5.73. The summed E-state index contributed by atoms with van der Waals surface area (Å²) in [5, 5.41) is 3.35. The molecular weight excluding hydrogens is 186 g/mol. The van der Waals surface area contributed by atoms with E-state index in [1.807, 2.05) is 30.5 Å². The molecule has 0 radical (unpaired) electrons. The summed E-state index contributed by atoms with van der Waals surface area (Å²) in [5.41, 5.74) is 3.10. The highest BCUT2D eigenvalue weighted by Gasteiger charge is 2.18. The molecule has 2 aromatic rings. The van der Waals surface area contributed by atoms with Crippen molar-refractivity contribution in [3.8, 4) is 0 Å². The molecular formula is C12H13N3. The molecule has 2 heterocycles. The van der Waals surface area contributed by atoms with Gasteiger partial charge in [-0.3, -0.25) is 4.98 Å². The largest absolute Gasteiger partial charge is 0.316 e. The Morgan fingerprint density at radius 3 is 2.87 bits per heavy atom. The summed E-state index contributed by atoms with van der Waals surface area (Å²) in [5.74, 6) is 0.544. The molecule has 3 heteroatoms. The Hall–Kier alpha value is -1.48. The molecule has 76 valence electrons. The lowest BCUT2D eigenvalue weighted by Gasteiger charge is -2.07. The molecule has 0 amide bonds. The zero-order valence-corrected chi connectivity index (χ0v) is 8.48. The van der Waals surface area contributed by atoms with Crippen LogP contribution in [0.1, 0.15) is 18.0 Å². The van der Waals surface area contributed by atoms with Crippen LogP contribution in [0.2, 0.25) is 0 Å². The summed E-state index contributed by atoms with van der Waals surface area (Å²) >= 11 is 0. The van der Waals surface area contributed by atoms with Crippen molar-refractivity contribution in [2.45, 2.75) is 12.3 Å². The zero-order chi connectivity index (χ0) is 10.1. The van der Waals surface area contributed by atoms with Crippen LogP contribution in [0, 0.1) is 0 Å². The molecule has 0 saturated carbocycles. The molecule has 1 aromatic heterocycles. The van der Waals surface area contributed by atoms with Gasteiger partial charge >= 0.3 is 0 Å². The fourth-order valence-corrected chi connectivity index (χ4v) is 2.08. The minimum atomic E-state index is 0.544. The minimum Gasteiger partial charge on any atom is -0.316 e. The van der Waals surface area contributed by atoms with Gasteiger partial charge in [-0.1, -0.05) is 12.1 Å². The van der Waals surface area contributed by atoms with Crippen LogP contribution in [0.3, 0.4) is 0 Å². The van der Waals surface area contributed by atoms with E-state index in [0.29, 0.717) is 5.92 Å². The molecule has 1 unspecified atom stereocenters. The third kappa shape index (κ3) is 1.59. The van der Waals surface area contributed by atoms with Crippen molar-refractivity contribution in [2.24, 2.45) is 0 Å². The second kappa shape index (κ2) is 3.59. The van der Waals surface area contributed by atoms with E-state index < -0.39 is 0 Å². The third-order valence-corrected chi connectivity index (χ3v) is 2.95. The second-order valence-corrected chi connectivity index (χ2v) is 3.97. The molecule has 3 rings (SSSR count). The highest BCUT2D eigenvalue weighted by Crippen LogP contribution is 2.21. The second-order valence-electron chi connectivity index (χ2n) is 3.97. The Morgan fingerprint density at radius 2 is 2.07 bits per heavy atom. The van der Waals surface area contributed by atoms with Gasteiger partial charge in [0, 0.05) is 18.7 Å². The van der Waals surface area contributed by atoms with Crippen LogP contribution in [0.25, 0.3) is 11.0 Å². The Balaban J connectivity index is 2.05. The number of hydrogen-bond donors (Lipinski definition) is 1. The summed E-state index contributed by atoms with van der Waals surface area (Å²) in [7, 11) is 0. The van der Waals surface area contributed by atoms with Gasteiger partial charge in [-0.15, -0.1) is 0 Å². The topological polar surface area (TPSA) is 37.8 Å². The Kier molecular flexibility index (Phi) is 2.10. The maximum Gasteiger partial charge on any atom is 0.0890 e. The van der Waals surface area contributed by atoms with E-state index in [-0.39, 0.29) is 0 Å². The maximum absolute atomic E-state index is 4.65. The van der Waals surface area contributed by atoms with E-state index in [1.54, 1.807) is 0 Å². The van der Waals surface area contributed by atoms with E-state index in [9.17, 15) is 0 Å². The molecule has 1 atom stereocenters. The normalized spacial score (nSPS) is 20.9. The van der Waals surface area contributed by atoms with Crippen molar-refractivity contribution in [1.82, 2.24) is 15.3 Å². The van der Waals surface area contributed by atoms with Crippen molar-refractivity contribution in [1.29, 1.82) is 0 Å². The SMILES string of the molecule is c1ccc2nc(C3CCNC3)cnc2c1. The van der Waals surface area contributed by atoms with Crippen LogP contribution < -0.4 is 5.32 Å². The highest BCUT2D eigenvalue weighted by atomic mass is 14.9. The van der Waals surface area contributed by atoms with Gasteiger partial charge in [-0.05, 0) is 25.1 Å². The number of hydrogen-bond acceptors (Lipinski definition) is 3. The lowest BCUT2D eigenvalue weighted by atomic mass is 10.1. The van der Waals surface area contributed by atoms with Crippen LogP contribution in [0.4, 0.5) is 0 Å². The number of nitrogens with one attached hydrogen (secondary N) is 1. The van der Waals surface area contributed by atoms with Gasteiger partial charge in [-0.2, -0.15) is 0 Å². The van der Waals surface area contributed by atoms with Crippen LogP contribution in [-0.2, 0) is 0 Å². The first-order valence-corrected chi connectivity index (χ1v) is 5.36. The van der Waals surface area contributed by atoms with Gasteiger partial charge in [0.15, 0.2) is 0 Å². The first-order chi connectivity index (χ1) is 7.43. The number of fused-ring (bicyclic) bond motifs is 1. The monoisotopic (exact) mass is 199 g/mol. The van der Waals surface area contributed by atoms with E-state index in [0.717, 1.165) is 29.8 Å². The number of rotatable bonds is 1. The van der Waals surface area contributed by atoms with Crippen molar-refractivity contribution in [3.05, 3.63) is 36.2 Å². The van der Waals surface area contributed by atoms with Crippen molar-refractivity contribution < 1.29 is 0 Å². The molecule has 0 bridgehead atoms. The number of benzene rings is 1. The van der Waals surface area contributed by atoms with Crippen LogP contribution in [0.5, 0.6) is 0 Å². The minimum absolute atomic E-state index is 0.544. The summed E-state index contributed by atoms with van der Waals surface area (Å²) < 4.78 is 0. The summed E-state index contributed by atoms with van der Waals surface area (Å²) in [6.07, 6.45) is 3.09. The number of para-hydroxylation sites is 2. The smallest absolute Gasteiger partial charge is 0.0890 e. The quantitative estimate of drug-likeness (QED) is 0.759.